The maximum absolute atomic E-state index is 5.36. The molecule has 0 aromatic heterocycles. The van der Waals surface area contributed by atoms with E-state index in [1.54, 1.807) is 0 Å². The third-order valence-corrected chi connectivity index (χ3v) is 3.50. The van der Waals surface area contributed by atoms with E-state index in [9.17, 15) is 0 Å². The molecule has 1 aromatic rings. The van der Waals surface area contributed by atoms with E-state index in [0.717, 1.165) is 34.8 Å². The first-order valence-electron chi connectivity index (χ1n) is 5.09. The zero-order valence-electron chi connectivity index (χ0n) is 9.09. The number of fused-ring (bicyclic) bond motifs is 1. The first-order chi connectivity index (χ1) is 7.81. The van der Waals surface area contributed by atoms with Gasteiger partial charge in [0, 0.05) is 18.8 Å². The molecule has 1 aromatic carbocycles. The van der Waals surface area contributed by atoms with Crippen LogP contribution in [0.2, 0.25) is 0 Å². The molecule has 0 saturated carbocycles. The first-order valence-corrected chi connectivity index (χ1v) is 7.27. The summed E-state index contributed by atoms with van der Waals surface area (Å²) in [5.41, 5.74) is 1.21. The topological polar surface area (TPSA) is 30.5 Å². The molecule has 2 rings (SSSR count). The van der Waals surface area contributed by atoms with Gasteiger partial charge in [-0.15, -0.1) is 0 Å². The Labute approximate surface area is 108 Å². The Morgan fingerprint density at radius 1 is 1.44 bits per heavy atom. The quantitative estimate of drug-likeness (QED) is 0.847. The van der Waals surface area contributed by atoms with Crippen molar-refractivity contribution in [3.63, 3.8) is 0 Å². The minimum atomic E-state index is 0.317. The van der Waals surface area contributed by atoms with E-state index in [2.05, 4.69) is 33.6 Å². The van der Waals surface area contributed by atoms with Crippen LogP contribution in [0.3, 0.4) is 0 Å². The Kier molecular flexibility index (Phi) is 4.37. The van der Waals surface area contributed by atoms with Crippen LogP contribution < -0.4 is 14.8 Å². The second kappa shape index (κ2) is 5.80. The van der Waals surface area contributed by atoms with Crippen LogP contribution >= 0.6 is 27.7 Å². The standard InChI is InChI=1S/C11H14BrNO2S/c1-16-3-2-13-6-8-4-9(12)11-10(5-8)14-7-15-11/h4-5,13H,2-3,6-7H2,1H3. The van der Waals surface area contributed by atoms with Crippen LogP contribution in [-0.4, -0.2) is 25.3 Å². The zero-order chi connectivity index (χ0) is 11.4. The highest BCUT2D eigenvalue weighted by molar-refractivity contribution is 9.10. The number of thioether (sulfide) groups is 1. The van der Waals surface area contributed by atoms with Crippen LogP contribution in [0.25, 0.3) is 0 Å². The average Bonchev–Trinajstić information content (AvgIpc) is 2.73. The van der Waals surface area contributed by atoms with Crippen LogP contribution in [0.4, 0.5) is 0 Å². The fourth-order valence-electron chi connectivity index (χ4n) is 1.53. The predicted octanol–water partition coefficient (Wildman–Crippen LogP) is 2.63. The summed E-state index contributed by atoms with van der Waals surface area (Å²) in [7, 11) is 0. The number of rotatable bonds is 5. The van der Waals surface area contributed by atoms with Crippen molar-refractivity contribution in [2.45, 2.75) is 6.54 Å². The molecule has 1 aliphatic heterocycles. The summed E-state index contributed by atoms with van der Waals surface area (Å²) < 4.78 is 11.7. The second-order valence-electron chi connectivity index (χ2n) is 3.48. The summed E-state index contributed by atoms with van der Waals surface area (Å²) in [6, 6.07) is 4.10. The van der Waals surface area contributed by atoms with Gasteiger partial charge in [0.25, 0.3) is 0 Å². The highest BCUT2D eigenvalue weighted by atomic mass is 79.9. The van der Waals surface area contributed by atoms with Gasteiger partial charge in [-0.25, -0.2) is 0 Å². The summed E-state index contributed by atoms with van der Waals surface area (Å²) >= 11 is 5.33. The number of benzene rings is 1. The summed E-state index contributed by atoms with van der Waals surface area (Å²) in [5.74, 6) is 2.77. The van der Waals surface area contributed by atoms with Crippen molar-refractivity contribution >= 4 is 27.7 Å². The molecule has 0 fully saturated rings. The minimum Gasteiger partial charge on any atom is -0.454 e. The molecule has 88 valence electrons. The normalized spacial score (nSPS) is 13.1. The van der Waals surface area contributed by atoms with Crippen molar-refractivity contribution in [1.29, 1.82) is 0 Å². The molecule has 0 amide bonds. The molecule has 0 atom stereocenters. The zero-order valence-corrected chi connectivity index (χ0v) is 11.5. The lowest BCUT2D eigenvalue weighted by atomic mass is 10.2. The number of hydrogen-bond acceptors (Lipinski definition) is 4. The SMILES string of the molecule is CSCCNCc1cc(Br)c2c(c1)OCO2. The van der Waals surface area contributed by atoms with Gasteiger partial charge in [-0.05, 0) is 39.9 Å². The minimum absolute atomic E-state index is 0.317. The van der Waals surface area contributed by atoms with Gasteiger partial charge in [0.15, 0.2) is 11.5 Å². The Balaban J connectivity index is 1.97. The third kappa shape index (κ3) is 2.84. The Morgan fingerprint density at radius 2 is 2.31 bits per heavy atom. The maximum Gasteiger partial charge on any atom is 0.231 e. The molecule has 0 spiro atoms. The smallest absolute Gasteiger partial charge is 0.231 e. The Morgan fingerprint density at radius 3 is 3.12 bits per heavy atom. The fourth-order valence-corrected chi connectivity index (χ4v) is 2.48. The molecule has 1 heterocycles. The molecule has 16 heavy (non-hydrogen) atoms. The summed E-state index contributed by atoms with van der Waals surface area (Å²) in [4.78, 5) is 0. The van der Waals surface area contributed by atoms with Crippen molar-refractivity contribution in [3.05, 3.63) is 22.2 Å². The van der Waals surface area contributed by atoms with E-state index in [-0.39, 0.29) is 0 Å². The van der Waals surface area contributed by atoms with E-state index in [0.29, 0.717) is 6.79 Å². The van der Waals surface area contributed by atoms with Gasteiger partial charge in [-0.1, -0.05) is 0 Å². The molecule has 0 bridgehead atoms. The average molecular weight is 304 g/mol. The molecular weight excluding hydrogens is 290 g/mol. The number of ether oxygens (including phenoxy) is 2. The van der Waals surface area contributed by atoms with Gasteiger partial charge < -0.3 is 14.8 Å². The number of halogens is 1. The Hall–Kier alpha value is -0.390. The Bertz CT molecular complexity index is 373. The van der Waals surface area contributed by atoms with Crippen molar-refractivity contribution in [1.82, 2.24) is 5.32 Å². The maximum atomic E-state index is 5.36. The molecule has 1 aliphatic rings. The molecule has 1 N–H and O–H groups in total. The van der Waals surface area contributed by atoms with Crippen molar-refractivity contribution in [3.8, 4) is 11.5 Å². The van der Waals surface area contributed by atoms with Crippen molar-refractivity contribution in [2.24, 2.45) is 0 Å². The predicted molar refractivity (Wildman–Crippen MR) is 70.4 cm³/mol. The largest absolute Gasteiger partial charge is 0.454 e. The van der Waals surface area contributed by atoms with Crippen LogP contribution in [-0.2, 0) is 6.54 Å². The number of hydrogen-bond donors (Lipinski definition) is 1. The third-order valence-electron chi connectivity index (χ3n) is 2.30. The lowest BCUT2D eigenvalue weighted by Gasteiger charge is -2.06. The summed E-state index contributed by atoms with van der Waals surface area (Å²) in [5, 5.41) is 3.38. The summed E-state index contributed by atoms with van der Waals surface area (Å²) in [6.07, 6.45) is 2.11. The van der Waals surface area contributed by atoms with Crippen LogP contribution in [0.5, 0.6) is 11.5 Å². The van der Waals surface area contributed by atoms with Gasteiger partial charge >= 0.3 is 0 Å². The van der Waals surface area contributed by atoms with Crippen LogP contribution in [0.15, 0.2) is 16.6 Å². The van der Waals surface area contributed by atoms with Gasteiger partial charge in [-0.2, -0.15) is 11.8 Å². The van der Waals surface area contributed by atoms with Crippen molar-refractivity contribution < 1.29 is 9.47 Å². The molecule has 0 saturated heterocycles. The van der Waals surface area contributed by atoms with Gasteiger partial charge in [0.2, 0.25) is 6.79 Å². The van der Waals surface area contributed by atoms with Crippen LogP contribution in [0, 0.1) is 0 Å². The molecule has 0 unspecified atom stereocenters. The van der Waals surface area contributed by atoms with Gasteiger partial charge in [-0.3, -0.25) is 0 Å². The van der Waals surface area contributed by atoms with Crippen molar-refractivity contribution in [2.75, 3.05) is 25.3 Å². The second-order valence-corrected chi connectivity index (χ2v) is 5.32. The highest BCUT2D eigenvalue weighted by Gasteiger charge is 2.17. The van der Waals surface area contributed by atoms with Gasteiger partial charge in [0.05, 0.1) is 4.47 Å². The van der Waals surface area contributed by atoms with Gasteiger partial charge in [0.1, 0.15) is 0 Å². The lowest BCUT2D eigenvalue weighted by Crippen LogP contribution is -2.16. The lowest BCUT2D eigenvalue weighted by molar-refractivity contribution is 0.173. The molecular formula is C11H14BrNO2S. The summed E-state index contributed by atoms with van der Waals surface area (Å²) in [6.45, 7) is 2.19. The number of nitrogens with one attached hydrogen (secondary N) is 1. The van der Waals surface area contributed by atoms with E-state index >= 15 is 0 Å². The van der Waals surface area contributed by atoms with E-state index in [4.69, 9.17) is 9.47 Å². The van der Waals surface area contributed by atoms with E-state index < -0.39 is 0 Å². The molecule has 0 aliphatic carbocycles. The van der Waals surface area contributed by atoms with E-state index in [1.807, 2.05) is 17.8 Å². The molecule has 5 heteroatoms. The molecule has 3 nitrogen and oxygen atoms in total. The fraction of sp³-hybridized carbons (Fsp3) is 0.455. The van der Waals surface area contributed by atoms with E-state index in [1.165, 1.54) is 5.56 Å². The molecule has 0 radical (unpaired) electrons. The van der Waals surface area contributed by atoms with Crippen LogP contribution in [0.1, 0.15) is 5.56 Å². The highest BCUT2D eigenvalue weighted by Crippen LogP contribution is 2.39. The first kappa shape index (κ1) is 12.1. The monoisotopic (exact) mass is 303 g/mol.